The largest absolute Gasteiger partial charge is 0.468 e. The van der Waals surface area contributed by atoms with Crippen molar-refractivity contribution in [1.29, 1.82) is 0 Å². The van der Waals surface area contributed by atoms with Gasteiger partial charge in [0.1, 0.15) is 0 Å². The van der Waals surface area contributed by atoms with Crippen molar-refractivity contribution in [2.24, 2.45) is 0 Å². The summed E-state index contributed by atoms with van der Waals surface area (Å²) in [6, 6.07) is 11.8. The second-order valence-corrected chi connectivity index (χ2v) is 6.99. The number of nitrogen functional groups attached to an aromatic ring is 1. The molecule has 23 heavy (non-hydrogen) atoms. The fourth-order valence-electron chi connectivity index (χ4n) is 2.51. The Labute approximate surface area is 146 Å². The van der Waals surface area contributed by atoms with Crippen molar-refractivity contribution in [1.82, 2.24) is 0 Å². The average Bonchev–Trinajstić information content (AvgIpc) is 2.49. The van der Waals surface area contributed by atoms with Crippen LogP contribution in [0.15, 0.2) is 36.4 Å². The van der Waals surface area contributed by atoms with E-state index in [0.717, 1.165) is 11.1 Å². The molecule has 0 saturated heterocycles. The van der Waals surface area contributed by atoms with Gasteiger partial charge in [-0.3, -0.25) is 4.79 Å². The minimum Gasteiger partial charge on any atom is -0.468 e. The number of methoxy groups -OCH3 is 1. The molecular formula is C18H20ClNO2S. The van der Waals surface area contributed by atoms with Crippen LogP contribution in [0.25, 0.3) is 0 Å². The van der Waals surface area contributed by atoms with Crippen molar-refractivity contribution in [3.63, 3.8) is 0 Å². The van der Waals surface area contributed by atoms with E-state index >= 15 is 0 Å². The topological polar surface area (TPSA) is 52.3 Å². The van der Waals surface area contributed by atoms with Crippen molar-refractivity contribution in [2.75, 3.05) is 18.6 Å². The first-order valence-corrected chi connectivity index (χ1v) is 8.65. The van der Waals surface area contributed by atoms with Crippen LogP contribution in [0.1, 0.15) is 27.5 Å². The molecule has 2 aromatic rings. The van der Waals surface area contributed by atoms with Gasteiger partial charge < -0.3 is 10.5 Å². The number of anilines is 1. The monoisotopic (exact) mass is 349 g/mol. The predicted octanol–water partition coefficient (Wildman–Crippen LogP) is 4.53. The quantitative estimate of drug-likeness (QED) is 0.636. The van der Waals surface area contributed by atoms with Crippen LogP contribution < -0.4 is 5.73 Å². The highest BCUT2D eigenvalue weighted by atomic mass is 35.5. The third-order valence-corrected chi connectivity index (χ3v) is 4.97. The molecule has 2 aromatic carbocycles. The van der Waals surface area contributed by atoms with Crippen molar-refractivity contribution in [2.45, 2.75) is 19.1 Å². The Hall–Kier alpha value is -1.65. The van der Waals surface area contributed by atoms with E-state index in [0.29, 0.717) is 10.7 Å². The van der Waals surface area contributed by atoms with E-state index in [1.807, 2.05) is 6.07 Å². The summed E-state index contributed by atoms with van der Waals surface area (Å²) in [5.74, 6) is -0.00917. The lowest BCUT2D eigenvalue weighted by atomic mass is 9.99. The van der Waals surface area contributed by atoms with Crippen LogP contribution in [-0.2, 0) is 9.53 Å². The summed E-state index contributed by atoms with van der Waals surface area (Å²) in [4.78, 5) is 11.6. The SMILES string of the molecule is COC(=O)CSC(c1cc(C)cc(C)c1)c1cc(Cl)ccc1N. The van der Waals surface area contributed by atoms with Gasteiger partial charge in [0.05, 0.1) is 18.1 Å². The molecule has 0 saturated carbocycles. The molecule has 0 bridgehead atoms. The molecule has 2 rings (SSSR count). The van der Waals surface area contributed by atoms with Crippen LogP contribution in [0, 0.1) is 13.8 Å². The number of hydrogen-bond donors (Lipinski definition) is 1. The van der Waals surface area contributed by atoms with E-state index in [-0.39, 0.29) is 17.0 Å². The maximum atomic E-state index is 11.6. The van der Waals surface area contributed by atoms with Crippen LogP contribution >= 0.6 is 23.4 Å². The summed E-state index contributed by atoms with van der Waals surface area (Å²) in [5.41, 5.74) is 11.2. The lowest BCUT2D eigenvalue weighted by Crippen LogP contribution is -2.08. The van der Waals surface area contributed by atoms with Gasteiger partial charge in [-0.05, 0) is 43.2 Å². The summed E-state index contributed by atoms with van der Waals surface area (Å²) in [6.07, 6.45) is 0. The van der Waals surface area contributed by atoms with Crippen LogP contribution in [0.5, 0.6) is 0 Å². The summed E-state index contributed by atoms with van der Waals surface area (Å²) < 4.78 is 4.76. The van der Waals surface area contributed by atoms with E-state index in [2.05, 4.69) is 32.0 Å². The van der Waals surface area contributed by atoms with Crippen molar-refractivity contribution >= 4 is 35.0 Å². The van der Waals surface area contributed by atoms with E-state index in [1.54, 1.807) is 12.1 Å². The molecule has 0 fully saturated rings. The smallest absolute Gasteiger partial charge is 0.315 e. The highest BCUT2D eigenvalue weighted by Gasteiger charge is 2.20. The zero-order valence-corrected chi connectivity index (χ0v) is 15.0. The van der Waals surface area contributed by atoms with Crippen LogP contribution in [-0.4, -0.2) is 18.8 Å². The zero-order chi connectivity index (χ0) is 17.0. The third-order valence-electron chi connectivity index (χ3n) is 3.47. The molecule has 3 nitrogen and oxygen atoms in total. The Morgan fingerprint density at radius 1 is 1.22 bits per heavy atom. The Morgan fingerprint density at radius 3 is 2.48 bits per heavy atom. The van der Waals surface area contributed by atoms with Gasteiger partial charge in [0, 0.05) is 10.7 Å². The molecule has 122 valence electrons. The number of benzene rings is 2. The normalized spacial score (nSPS) is 12.0. The van der Waals surface area contributed by atoms with E-state index in [4.69, 9.17) is 22.1 Å². The molecule has 0 aliphatic rings. The molecule has 1 unspecified atom stereocenters. The maximum absolute atomic E-state index is 11.6. The Kier molecular flexibility index (Phi) is 5.97. The van der Waals surface area contributed by atoms with Gasteiger partial charge >= 0.3 is 5.97 Å². The van der Waals surface area contributed by atoms with Gasteiger partial charge in [0.2, 0.25) is 0 Å². The molecule has 0 heterocycles. The highest BCUT2D eigenvalue weighted by molar-refractivity contribution is 8.00. The minimum atomic E-state index is -0.259. The molecule has 0 spiro atoms. The maximum Gasteiger partial charge on any atom is 0.315 e. The number of thioether (sulfide) groups is 1. The lowest BCUT2D eigenvalue weighted by molar-refractivity contribution is -0.137. The van der Waals surface area contributed by atoms with Crippen LogP contribution in [0.2, 0.25) is 5.02 Å². The van der Waals surface area contributed by atoms with Gasteiger partial charge in [-0.1, -0.05) is 40.9 Å². The van der Waals surface area contributed by atoms with Crippen molar-refractivity contribution < 1.29 is 9.53 Å². The Bertz CT molecular complexity index is 698. The molecule has 0 aliphatic carbocycles. The van der Waals surface area contributed by atoms with Gasteiger partial charge in [0.25, 0.3) is 0 Å². The van der Waals surface area contributed by atoms with E-state index < -0.39 is 0 Å². The number of aryl methyl sites for hydroxylation is 2. The first-order valence-electron chi connectivity index (χ1n) is 7.22. The number of esters is 1. The molecular weight excluding hydrogens is 330 g/mol. The van der Waals surface area contributed by atoms with Crippen LogP contribution in [0.4, 0.5) is 5.69 Å². The number of carbonyl (C=O) groups excluding carboxylic acids is 1. The molecule has 5 heteroatoms. The molecule has 0 aliphatic heterocycles. The number of nitrogens with two attached hydrogens (primary N) is 1. The van der Waals surface area contributed by atoms with Crippen LogP contribution in [0.3, 0.4) is 0 Å². The summed E-state index contributed by atoms with van der Waals surface area (Å²) >= 11 is 7.63. The average molecular weight is 350 g/mol. The van der Waals surface area contributed by atoms with Gasteiger partial charge in [-0.15, -0.1) is 11.8 Å². The number of rotatable bonds is 5. The molecule has 0 aromatic heterocycles. The number of ether oxygens (including phenoxy) is 1. The van der Waals surface area contributed by atoms with E-state index in [9.17, 15) is 4.79 Å². The van der Waals surface area contributed by atoms with Crippen molar-refractivity contribution in [3.8, 4) is 0 Å². The standard InChI is InChI=1S/C18H20ClNO2S/c1-11-6-12(2)8-13(7-11)18(23-10-17(21)22-3)15-9-14(19)4-5-16(15)20/h4-9,18H,10,20H2,1-3H3. The first-order chi connectivity index (χ1) is 10.9. The zero-order valence-electron chi connectivity index (χ0n) is 13.4. The molecule has 1 atom stereocenters. The number of carbonyl (C=O) groups is 1. The summed E-state index contributed by atoms with van der Waals surface area (Å²) in [5, 5.41) is 0.550. The minimum absolute atomic E-state index is 0.0774. The Morgan fingerprint density at radius 2 is 1.87 bits per heavy atom. The predicted molar refractivity (Wildman–Crippen MR) is 98.1 cm³/mol. The lowest BCUT2D eigenvalue weighted by Gasteiger charge is -2.20. The van der Waals surface area contributed by atoms with Crippen molar-refractivity contribution in [3.05, 3.63) is 63.7 Å². The van der Waals surface area contributed by atoms with Gasteiger partial charge in [-0.2, -0.15) is 0 Å². The van der Waals surface area contributed by atoms with Gasteiger partial charge in [-0.25, -0.2) is 0 Å². The number of hydrogen-bond acceptors (Lipinski definition) is 4. The summed E-state index contributed by atoms with van der Waals surface area (Å²) in [6.45, 7) is 4.11. The van der Waals surface area contributed by atoms with E-state index in [1.165, 1.54) is 30.0 Å². The second-order valence-electron chi connectivity index (χ2n) is 5.46. The molecule has 0 radical (unpaired) electrons. The fourth-order valence-corrected chi connectivity index (χ4v) is 3.82. The summed E-state index contributed by atoms with van der Waals surface area (Å²) in [7, 11) is 1.39. The first kappa shape index (κ1) is 17.7. The molecule has 2 N–H and O–H groups in total. The fraction of sp³-hybridized carbons (Fsp3) is 0.278. The Balaban J connectivity index is 2.46. The second kappa shape index (κ2) is 7.75. The van der Waals surface area contributed by atoms with Gasteiger partial charge in [0.15, 0.2) is 0 Å². The highest BCUT2D eigenvalue weighted by Crippen LogP contribution is 2.40. The third kappa shape index (κ3) is 4.66. The number of halogens is 1. The molecule has 0 amide bonds.